The molecule has 0 unspecified atom stereocenters. The number of ether oxygens (including phenoxy) is 2. The summed E-state index contributed by atoms with van der Waals surface area (Å²) >= 11 is 6.90. The van der Waals surface area contributed by atoms with Crippen molar-refractivity contribution in [3.8, 4) is 0 Å². The Morgan fingerprint density at radius 1 is 0.778 bits per heavy atom. The first-order chi connectivity index (χ1) is 16.9. The predicted molar refractivity (Wildman–Crippen MR) is 146 cm³/mol. The Bertz CT molecular complexity index is 1360. The number of carbonyl (C=O) groups excluding carboxylic acids is 2. The van der Waals surface area contributed by atoms with E-state index in [0.717, 1.165) is 42.9 Å². The molecule has 36 heavy (non-hydrogen) atoms. The van der Waals surface area contributed by atoms with E-state index in [2.05, 4.69) is 31.9 Å². The second-order valence-electron chi connectivity index (χ2n) is 9.09. The number of halogens is 2. The minimum atomic E-state index is -1.31. The number of carbonyl (C=O) groups is 2. The molecule has 0 amide bonds. The van der Waals surface area contributed by atoms with E-state index < -0.39 is 23.4 Å². The third-order valence-corrected chi connectivity index (χ3v) is 6.44. The second kappa shape index (κ2) is 10.2. The van der Waals surface area contributed by atoms with Gasteiger partial charge in [-0.1, -0.05) is 31.9 Å². The smallest absolute Gasteiger partial charge is 0.332 e. The highest BCUT2D eigenvalue weighted by atomic mass is 79.9. The van der Waals surface area contributed by atoms with Crippen molar-refractivity contribution < 1.29 is 19.1 Å². The molecule has 0 radical (unpaired) electrons. The first-order valence-corrected chi connectivity index (χ1v) is 12.7. The van der Waals surface area contributed by atoms with Gasteiger partial charge < -0.3 is 18.6 Å². The van der Waals surface area contributed by atoms with Crippen molar-refractivity contribution in [1.29, 1.82) is 0 Å². The zero-order valence-electron chi connectivity index (χ0n) is 19.8. The van der Waals surface area contributed by atoms with Gasteiger partial charge in [-0.25, -0.2) is 9.59 Å². The van der Waals surface area contributed by atoms with Gasteiger partial charge in [0.15, 0.2) is 11.4 Å². The second-order valence-corrected chi connectivity index (χ2v) is 10.9. The average Bonchev–Trinajstić information content (AvgIpc) is 3.34. The van der Waals surface area contributed by atoms with Gasteiger partial charge in [-0.05, 0) is 62.4 Å². The van der Waals surface area contributed by atoms with Crippen LogP contribution in [0.2, 0.25) is 0 Å². The molecule has 0 saturated carbocycles. The third kappa shape index (κ3) is 6.44. The molecule has 2 atom stereocenters. The van der Waals surface area contributed by atoms with E-state index >= 15 is 0 Å². The van der Waals surface area contributed by atoms with E-state index in [1.165, 1.54) is 0 Å². The minimum absolute atomic E-state index is 0.227. The lowest BCUT2D eigenvalue weighted by Crippen LogP contribution is -2.45. The predicted octanol–water partition coefficient (Wildman–Crippen LogP) is 4.81. The normalized spacial score (nSPS) is 15.2. The van der Waals surface area contributed by atoms with Crippen LogP contribution >= 0.6 is 31.9 Å². The molecule has 2 aromatic carbocycles. The van der Waals surface area contributed by atoms with E-state index in [-0.39, 0.29) is 13.1 Å². The van der Waals surface area contributed by atoms with Crippen LogP contribution in [0.25, 0.3) is 21.8 Å². The molecule has 4 rings (SSSR count). The van der Waals surface area contributed by atoms with E-state index in [1.54, 1.807) is 13.8 Å². The molecule has 0 bridgehead atoms. The number of esters is 2. The summed E-state index contributed by atoms with van der Waals surface area (Å²) in [6.45, 7) is 3.64. The van der Waals surface area contributed by atoms with Crippen LogP contribution in [-0.2, 0) is 32.2 Å². The molecule has 2 heterocycles. The zero-order valence-corrected chi connectivity index (χ0v) is 23.0. The molecule has 0 aliphatic rings. The Kier molecular flexibility index (Phi) is 7.42. The molecule has 4 N–H and O–H groups in total. The van der Waals surface area contributed by atoms with Crippen LogP contribution in [0.1, 0.15) is 13.8 Å². The van der Waals surface area contributed by atoms with Crippen LogP contribution in [0.4, 0.5) is 0 Å². The number of rotatable bonds is 8. The molecule has 4 aromatic rings. The van der Waals surface area contributed by atoms with Gasteiger partial charge in [-0.2, -0.15) is 0 Å². The maximum Gasteiger partial charge on any atom is 0.332 e. The average molecular weight is 618 g/mol. The highest BCUT2D eigenvalue weighted by Gasteiger charge is 2.26. The van der Waals surface area contributed by atoms with Gasteiger partial charge in [-0.15, -0.1) is 0 Å². The van der Waals surface area contributed by atoms with Gasteiger partial charge in [0.05, 0.1) is 13.1 Å². The van der Waals surface area contributed by atoms with Gasteiger partial charge in [0.2, 0.25) is 0 Å². The van der Waals surface area contributed by atoms with E-state index in [4.69, 9.17) is 20.9 Å². The van der Waals surface area contributed by atoms with Crippen LogP contribution in [0.5, 0.6) is 0 Å². The first kappa shape index (κ1) is 26.2. The van der Waals surface area contributed by atoms with Crippen LogP contribution in [-0.4, -0.2) is 32.5 Å². The summed E-state index contributed by atoms with van der Waals surface area (Å²) in [6, 6.07) is 15.6. The lowest BCUT2D eigenvalue weighted by molar-refractivity contribution is -0.155. The van der Waals surface area contributed by atoms with Crippen LogP contribution in [0.15, 0.2) is 82.0 Å². The fourth-order valence-corrected chi connectivity index (χ4v) is 4.78. The number of hydrogen-bond acceptors (Lipinski definition) is 6. The highest BCUT2D eigenvalue weighted by molar-refractivity contribution is 9.10. The van der Waals surface area contributed by atoms with Gasteiger partial charge in [-0.3, -0.25) is 11.5 Å². The Labute approximate surface area is 225 Å². The van der Waals surface area contributed by atoms with Gasteiger partial charge >= 0.3 is 11.9 Å². The monoisotopic (exact) mass is 616 g/mol. The fraction of sp³-hybridized carbons (Fsp3) is 0.231. The number of hydrogen-bond donors (Lipinski definition) is 2. The van der Waals surface area contributed by atoms with E-state index in [9.17, 15) is 9.59 Å². The molecular formula is C26H26Br2N4O4. The standard InChI is InChI=1S/C26H26Br2N4O4/c1-25(29,15-31-11-9-17-13-19(27)3-5-21(17)31)35-23(33)7-8-24(34)36-26(2,30)16-32-12-10-18-14-20(28)4-6-22(18)32/h3-14H,15-16,29-30H2,1-2H3/b8-7+/t25-,26-/m0/s1. The number of benzene rings is 2. The number of nitrogens with two attached hydrogens (primary N) is 2. The Hall–Kier alpha value is -2.92. The molecule has 0 aliphatic heterocycles. The van der Waals surface area contributed by atoms with Crippen molar-refractivity contribution in [3.05, 3.63) is 82.0 Å². The number of nitrogens with zero attached hydrogens (tertiary/aromatic N) is 2. The summed E-state index contributed by atoms with van der Waals surface area (Å²) in [6.07, 6.45) is 5.71. The van der Waals surface area contributed by atoms with Gasteiger partial charge in [0, 0.05) is 55.3 Å². The van der Waals surface area contributed by atoms with Crippen molar-refractivity contribution >= 4 is 65.6 Å². The molecular weight excluding hydrogens is 592 g/mol. The maximum atomic E-state index is 12.3. The van der Waals surface area contributed by atoms with Crippen LogP contribution < -0.4 is 11.5 Å². The summed E-state index contributed by atoms with van der Waals surface area (Å²) in [5, 5.41) is 2.06. The first-order valence-electron chi connectivity index (χ1n) is 11.1. The number of fused-ring (bicyclic) bond motifs is 2. The van der Waals surface area contributed by atoms with Crippen molar-refractivity contribution in [2.45, 2.75) is 38.4 Å². The SMILES string of the molecule is C[C@@](N)(Cn1ccc2cc(Br)ccc21)OC(=O)/C=C/C(=O)O[C@](C)(N)Cn1ccc2cc(Br)ccc21. The fourth-order valence-electron chi connectivity index (χ4n) is 4.02. The topological polar surface area (TPSA) is 114 Å². The van der Waals surface area contributed by atoms with Crippen LogP contribution in [0.3, 0.4) is 0 Å². The maximum absolute atomic E-state index is 12.3. The van der Waals surface area contributed by atoms with Crippen molar-refractivity contribution in [1.82, 2.24) is 9.13 Å². The highest BCUT2D eigenvalue weighted by Crippen LogP contribution is 2.24. The Morgan fingerprint density at radius 2 is 1.17 bits per heavy atom. The largest absolute Gasteiger partial charge is 0.439 e. The van der Waals surface area contributed by atoms with Gasteiger partial charge in [0.25, 0.3) is 0 Å². The quantitative estimate of drug-likeness (QED) is 0.167. The lowest BCUT2D eigenvalue weighted by Gasteiger charge is -2.26. The zero-order chi connectivity index (χ0) is 26.1. The number of aromatic nitrogens is 2. The molecule has 188 valence electrons. The molecule has 8 nitrogen and oxygen atoms in total. The van der Waals surface area contributed by atoms with E-state index in [0.29, 0.717) is 0 Å². The Balaban J connectivity index is 1.33. The summed E-state index contributed by atoms with van der Waals surface area (Å²) in [7, 11) is 0. The van der Waals surface area contributed by atoms with E-state index in [1.807, 2.05) is 70.1 Å². The summed E-state index contributed by atoms with van der Waals surface area (Å²) in [5.74, 6) is -1.53. The van der Waals surface area contributed by atoms with Crippen molar-refractivity contribution in [2.24, 2.45) is 11.5 Å². The summed E-state index contributed by atoms with van der Waals surface area (Å²) < 4.78 is 16.5. The van der Waals surface area contributed by atoms with Crippen LogP contribution in [0, 0.1) is 0 Å². The molecule has 2 aromatic heterocycles. The summed E-state index contributed by atoms with van der Waals surface area (Å²) in [5.41, 5.74) is 11.7. The molecule has 10 heteroatoms. The molecule has 0 fully saturated rings. The minimum Gasteiger partial charge on any atom is -0.439 e. The summed E-state index contributed by atoms with van der Waals surface area (Å²) in [4.78, 5) is 24.7. The molecule has 0 aliphatic carbocycles. The lowest BCUT2D eigenvalue weighted by atomic mass is 10.2. The van der Waals surface area contributed by atoms with Gasteiger partial charge in [0.1, 0.15) is 0 Å². The van der Waals surface area contributed by atoms with Crippen molar-refractivity contribution in [3.63, 3.8) is 0 Å². The third-order valence-electron chi connectivity index (χ3n) is 5.46. The molecule has 0 spiro atoms. The Morgan fingerprint density at radius 3 is 1.56 bits per heavy atom. The van der Waals surface area contributed by atoms with Crippen molar-refractivity contribution in [2.75, 3.05) is 0 Å². The molecule has 0 saturated heterocycles.